The van der Waals surface area contributed by atoms with E-state index in [2.05, 4.69) is 24.0 Å². The van der Waals surface area contributed by atoms with E-state index in [9.17, 15) is 17.5 Å². The fraction of sp³-hybridized carbons (Fsp3) is 0.444. The zero-order valence-corrected chi connectivity index (χ0v) is 9.82. The number of rotatable bonds is 1. The molecule has 0 atom stereocenters. The van der Waals surface area contributed by atoms with E-state index < -0.39 is 12.5 Å². The second-order valence-corrected chi connectivity index (χ2v) is 3.47. The first-order valence-electron chi connectivity index (χ1n) is 4.94. The monoisotopic (exact) mass is 262 g/mol. The number of alkyl halides is 3. The van der Waals surface area contributed by atoms with Crippen molar-refractivity contribution >= 4 is 6.42 Å². The highest BCUT2D eigenvalue weighted by molar-refractivity contribution is 6.89. The van der Waals surface area contributed by atoms with Crippen LogP contribution in [0.1, 0.15) is 6.92 Å². The molecule has 18 heavy (non-hydrogen) atoms. The highest BCUT2D eigenvalue weighted by Gasteiger charge is 2.51. The van der Waals surface area contributed by atoms with Crippen LogP contribution in [-0.4, -0.2) is 17.1 Å². The summed E-state index contributed by atoms with van der Waals surface area (Å²) in [6.45, 7) is 3.18. The van der Waals surface area contributed by atoms with E-state index >= 15 is 0 Å². The quantitative estimate of drug-likeness (QED) is 0.437. The summed E-state index contributed by atoms with van der Waals surface area (Å²) in [7, 11) is 2.02. The summed E-state index contributed by atoms with van der Waals surface area (Å²) in [5.41, 5.74) is 0. The largest absolute Gasteiger partial charge is 0.474 e. The number of hydrogen-bond acceptors (Lipinski definition) is 2. The molecule has 0 aliphatic rings. The van der Waals surface area contributed by atoms with Gasteiger partial charge >= 0.3 is 12.5 Å². The second kappa shape index (κ2) is 6.06. The fourth-order valence-electron chi connectivity index (χ4n) is 0.864. The van der Waals surface area contributed by atoms with Crippen LogP contribution in [0.5, 0.6) is 0 Å². The van der Waals surface area contributed by atoms with Gasteiger partial charge in [0.05, 0.1) is 13.6 Å². The van der Waals surface area contributed by atoms with Crippen molar-refractivity contribution in [2.75, 3.05) is 0 Å². The summed E-state index contributed by atoms with van der Waals surface area (Å²) in [6, 6.07) is 0. The number of hydrogen-bond donors (Lipinski definition) is 0. The molecule has 0 unspecified atom stereocenters. The molecule has 9 heteroatoms. The molecular formula is C9H11BF4N4. The zero-order chi connectivity index (χ0) is 14.4. The van der Waals surface area contributed by atoms with Crippen molar-refractivity contribution in [2.45, 2.75) is 19.5 Å². The Kier molecular flexibility index (Phi) is 5.37. The Hall–Kier alpha value is -2.03. The maximum absolute atomic E-state index is 12.0. The van der Waals surface area contributed by atoms with Gasteiger partial charge in [-0.3, -0.25) is 0 Å². The molecule has 0 saturated heterocycles. The van der Waals surface area contributed by atoms with Crippen molar-refractivity contribution in [3.05, 3.63) is 18.7 Å². The molecule has 0 radical (unpaired) electrons. The van der Waals surface area contributed by atoms with Gasteiger partial charge in [-0.25, -0.2) is 32.8 Å². The van der Waals surface area contributed by atoms with E-state index in [1.807, 2.05) is 17.8 Å². The first-order valence-corrected chi connectivity index (χ1v) is 4.94. The minimum Gasteiger partial charge on any atom is -0.474 e. The third-order valence-corrected chi connectivity index (χ3v) is 2.00. The average molecular weight is 262 g/mol. The molecule has 0 N–H and O–H groups in total. The first-order chi connectivity index (χ1) is 8.20. The van der Waals surface area contributed by atoms with E-state index in [-0.39, 0.29) is 11.9 Å². The molecule has 0 saturated carbocycles. The molecule has 0 aromatic carbocycles. The summed E-state index contributed by atoms with van der Waals surface area (Å²) in [6.07, 6.45) is -4.24. The van der Waals surface area contributed by atoms with Gasteiger partial charge in [0, 0.05) is 0 Å². The molecule has 4 nitrogen and oxygen atoms in total. The Bertz CT molecular complexity index is 454. The van der Waals surface area contributed by atoms with E-state index in [4.69, 9.17) is 10.5 Å². The normalized spacial score (nSPS) is 10.9. The highest BCUT2D eigenvalue weighted by Crippen LogP contribution is 2.28. The molecule has 0 spiro atoms. The first kappa shape index (κ1) is 16.0. The SMILES string of the molecule is CC[n+]1ccn(C)c1.N#C[B-](F)(C#N)C(F)(F)F. The van der Waals surface area contributed by atoms with Crippen LogP contribution >= 0.6 is 0 Å². The summed E-state index contributed by atoms with van der Waals surface area (Å²) in [5, 5.41) is 15.2. The lowest BCUT2D eigenvalue weighted by Crippen LogP contribution is -2.44. The summed E-state index contributed by atoms with van der Waals surface area (Å²) in [4.78, 5) is 0. The molecule has 98 valence electrons. The topological polar surface area (TPSA) is 56.4 Å². The molecule has 1 aromatic rings. The molecule has 0 amide bonds. The lowest BCUT2D eigenvalue weighted by atomic mass is 9.46. The Morgan fingerprint density at radius 3 is 1.94 bits per heavy atom. The van der Waals surface area contributed by atoms with Crippen LogP contribution < -0.4 is 4.57 Å². The molecule has 0 fully saturated rings. The molecule has 0 aliphatic heterocycles. The van der Waals surface area contributed by atoms with Crippen LogP contribution in [0.4, 0.5) is 17.5 Å². The lowest BCUT2D eigenvalue weighted by molar-refractivity contribution is -0.693. The molecule has 1 heterocycles. The van der Waals surface area contributed by atoms with Gasteiger partial charge in [0.1, 0.15) is 12.4 Å². The minimum absolute atomic E-state index is 0.278. The van der Waals surface area contributed by atoms with Crippen LogP contribution in [0, 0.1) is 22.5 Å². The van der Waals surface area contributed by atoms with Gasteiger partial charge in [0.15, 0.2) is 0 Å². The van der Waals surface area contributed by atoms with Crippen LogP contribution in [-0.2, 0) is 13.6 Å². The highest BCUT2D eigenvalue weighted by atomic mass is 19.4. The second-order valence-electron chi connectivity index (χ2n) is 3.47. The molecule has 1 aromatic heterocycles. The third kappa shape index (κ3) is 4.09. The maximum atomic E-state index is 12.0. The van der Waals surface area contributed by atoms with Gasteiger partial charge in [-0.2, -0.15) is 0 Å². The number of nitriles is 2. The lowest BCUT2D eigenvalue weighted by Gasteiger charge is -2.19. The number of imidazole rings is 1. The summed E-state index contributed by atoms with van der Waals surface area (Å²) >= 11 is 0. The van der Waals surface area contributed by atoms with Gasteiger partial charge in [0.2, 0.25) is 6.33 Å². The molecule has 0 bridgehead atoms. The van der Waals surface area contributed by atoms with Gasteiger partial charge in [-0.1, -0.05) is 11.9 Å². The van der Waals surface area contributed by atoms with Crippen molar-refractivity contribution < 1.29 is 22.1 Å². The zero-order valence-electron chi connectivity index (χ0n) is 9.82. The number of aromatic nitrogens is 2. The summed E-state index contributed by atoms with van der Waals surface area (Å²) < 4.78 is 50.1. The Labute approximate surface area is 102 Å². The van der Waals surface area contributed by atoms with E-state index in [1.165, 1.54) is 0 Å². The average Bonchev–Trinajstić information content (AvgIpc) is 2.73. The number of halogens is 4. The van der Waals surface area contributed by atoms with Crippen molar-refractivity contribution in [2.24, 2.45) is 7.05 Å². The van der Waals surface area contributed by atoms with Crippen molar-refractivity contribution in [3.63, 3.8) is 0 Å². The smallest absolute Gasteiger partial charge is 0.447 e. The van der Waals surface area contributed by atoms with Crippen molar-refractivity contribution in [1.29, 1.82) is 10.5 Å². The van der Waals surface area contributed by atoms with Gasteiger partial charge in [0.25, 0.3) is 0 Å². The number of nitrogens with zero attached hydrogens (tertiary/aromatic N) is 4. The van der Waals surface area contributed by atoms with Crippen LogP contribution in [0.2, 0.25) is 0 Å². The van der Waals surface area contributed by atoms with Crippen molar-refractivity contribution in [3.8, 4) is 11.9 Å². The molecule has 1 rings (SSSR count). The third-order valence-electron chi connectivity index (χ3n) is 2.00. The van der Waals surface area contributed by atoms with Gasteiger partial charge < -0.3 is 4.32 Å². The maximum Gasteiger partial charge on any atom is 0.447 e. The standard InChI is InChI=1S/C6H11N2.C3BF4N2/c1-3-8-5-4-7(2)6-8;5-3(6,7)4(8,1-9)2-10/h4-6H,3H2,1-2H3;/q+1;-1. The van der Waals surface area contributed by atoms with E-state index in [1.54, 1.807) is 0 Å². The predicted molar refractivity (Wildman–Crippen MR) is 55.4 cm³/mol. The van der Waals surface area contributed by atoms with Crippen LogP contribution in [0.3, 0.4) is 0 Å². The Morgan fingerprint density at radius 2 is 1.83 bits per heavy atom. The van der Waals surface area contributed by atoms with E-state index in [0.717, 1.165) is 6.54 Å². The van der Waals surface area contributed by atoms with Crippen LogP contribution in [0.15, 0.2) is 18.7 Å². The molecule has 0 aliphatic carbocycles. The summed E-state index contributed by atoms with van der Waals surface area (Å²) in [5.74, 6) is 0.556. The van der Waals surface area contributed by atoms with E-state index in [0.29, 0.717) is 0 Å². The fourth-order valence-corrected chi connectivity index (χ4v) is 0.864. The minimum atomic E-state index is -5.37. The Balaban J connectivity index is 0.000000327. The van der Waals surface area contributed by atoms with Gasteiger partial charge in [-0.15, -0.1) is 0 Å². The predicted octanol–water partition coefficient (Wildman–Crippen LogP) is 1.46. The molecular weight excluding hydrogens is 251 g/mol. The Morgan fingerprint density at radius 1 is 1.33 bits per heavy atom. The van der Waals surface area contributed by atoms with Crippen LogP contribution in [0.25, 0.3) is 0 Å². The van der Waals surface area contributed by atoms with Gasteiger partial charge in [-0.05, 0) is 6.92 Å². The van der Waals surface area contributed by atoms with Crippen molar-refractivity contribution in [1.82, 2.24) is 4.57 Å². The number of aryl methyl sites for hydroxylation is 2.